The fourth-order valence-electron chi connectivity index (χ4n) is 0.139. The molecule has 5 nitrogen and oxygen atoms in total. The zero-order valence-electron chi connectivity index (χ0n) is 2.71. The highest BCUT2D eigenvalue weighted by molar-refractivity contribution is 4.26. The summed E-state index contributed by atoms with van der Waals surface area (Å²) >= 11 is 0. The molecule has 5 heteroatoms. The molecule has 0 amide bonds. The molecule has 0 fully saturated rings. The third kappa shape index (κ3) is 0.291. The molecule has 6 heavy (non-hydrogen) atoms. The van der Waals surface area contributed by atoms with Crippen LogP contribution in [0.25, 0.3) is 0 Å². The van der Waals surface area contributed by atoms with Crippen molar-refractivity contribution < 1.29 is 4.52 Å². The Kier molecular flexibility index (Phi) is 0.474. The van der Waals surface area contributed by atoms with E-state index < -0.39 is 5.76 Å². The van der Waals surface area contributed by atoms with Gasteiger partial charge in [-0.15, -0.1) is 0 Å². The van der Waals surface area contributed by atoms with Crippen molar-refractivity contribution >= 4 is 0 Å². The Morgan fingerprint density at radius 3 is 2.83 bits per heavy atom. The molecule has 0 saturated carbocycles. The van der Waals surface area contributed by atoms with Gasteiger partial charge in [0, 0.05) is 0 Å². The largest absolute Gasteiger partial charge is 0.456 e. The lowest BCUT2D eigenvalue weighted by Crippen LogP contribution is -1.93. The summed E-state index contributed by atoms with van der Waals surface area (Å²) in [6.07, 6.45) is 0. The second-order valence-electron chi connectivity index (χ2n) is 0.672. The number of hydrogen-bond donors (Lipinski definition) is 1. The number of rotatable bonds is 0. The van der Waals surface area contributed by atoms with Crippen LogP contribution in [0.3, 0.4) is 0 Å². The summed E-state index contributed by atoms with van der Waals surface area (Å²) in [6, 6.07) is 0. The molecular formula is CHN3O2. The molecule has 0 spiro atoms. The Morgan fingerprint density at radius 1 is 1.83 bits per heavy atom. The summed E-state index contributed by atoms with van der Waals surface area (Å²) in [5, 5.41) is 7.71. The van der Waals surface area contributed by atoms with Crippen LogP contribution in [-0.2, 0) is 0 Å². The predicted octanol–water partition coefficient (Wildman–Crippen LogP) is -1.24. The summed E-state index contributed by atoms with van der Waals surface area (Å²) in [4.78, 5) is 9.72. The average molecular weight is 87.0 g/mol. The minimum absolute atomic E-state index is 0.630. The van der Waals surface area contributed by atoms with Crippen LogP contribution in [0.5, 0.6) is 0 Å². The number of nitrogens with one attached hydrogen (secondary N) is 1. The van der Waals surface area contributed by atoms with Crippen molar-refractivity contribution in [3.05, 3.63) is 10.6 Å². The molecule has 0 unspecified atom stereocenters. The quantitative estimate of drug-likeness (QED) is 0.429. The topological polar surface area (TPSA) is 71.8 Å². The van der Waals surface area contributed by atoms with Gasteiger partial charge in [0.25, 0.3) is 0 Å². The van der Waals surface area contributed by atoms with Crippen LogP contribution in [0.4, 0.5) is 0 Å². The van der Waals surface area contributed by atoms with Crippen LogP contribution in [-0.4, -0.2) is 15.6 Å². The van der Waals surface area contributed by atoms with Gasteiger partial charge in [0.1, 0.15) is 0 Å². The summed E-state index contributed by atoms with van der Waals surface area (Å²) in [6.45, 7) is 0. The van der Waals surface area contributed by atoms with Crippen LogP contribution in [0.15, 0.2) is 9.32 Å². The third-order valence-electron chi connectivity index (χ3n) is 0.306. The first-order chi connectivity index (χ1) is 2.89. The lowest BCUT2D eigenvalue weighted by Gasteiger charge is -1.43. The highest BCUT2D eigenvalue weighted by Gasteiger charge is 1.76. The van der Waals surface area contributed by atoms with Crippen LogP contribution in [0, 0.1) is 0 Å². The van der Waals surface area contributed by atoms with Gasteiger partial charge in [0.05, 0.1) is 5.27 Å². The Balaban J connectivity index is 3.41. The van der Waals surface area contributed by atoms with Crippen molar-refractivity contribution in [3.63, 3.8) is 0 Å². The van der Waals surface area contributed by atoms with Gasteiger partial charge in [-0.3, -0.25) is 4.52 Å². The van der Waals surface area contributed by atoms with Crippen LogP contribution in [0.1, 0.15) is 0 Å². The van der Waals surface area contributed by atoms with E-state index in [9.17, 15) is 4.79 Å². The monoisotopic (exact) mass is 87.0 g/mol. The van der Waals surface area contributed by atoms with Crippen molar-refractivity contribution in [2.75, 3.05) is 0 Å². The SMILES string of the molecule is O=c1[nH]nno1. The van der Waals surface area contributed by atoms with Crippen LogP contribution in [0.2, 0.25) is 0 Å². The summed E-state index contributed by atoms with van der Waals surface area (Å²) in [7, 11) is 0. The zero-order valence-corrected chi connectivity index (χ0v) is 2.71. The second-order valence-corrected chi connectivity index (χ2v) is 0.672. The Labute approximate surface area is 31.9 Å². The molecular weight excluding hydrogens is 86.0 g/mol. The normalized spacial score (nSPS) is 8.67. The fraction of sp³-hybridized carbons (Fsp3) is 0. The first-order valence-corrected chi connectivity index (χ1v) is 1.26. The van der Waals surface area contributed by atoms with Crippen molar-refractivity contribution in [2.45, 2.75) is 0 Å². The maximum atomic E-state index is 9.72. The highest BCUT2D eigenvalue weighted by atomic mass is 16.5. The van der Waals surface area contributed by atoms with Crippen LogP contribution < -0.4 is 5.76 Å². The Morgan fingerprint density at radius 2 is 2.67 bits per heavy atom. The molecule has 0 bridgehead atoms. The van der Waals surface area contributed by atoms with Crippen LogP contribution >= 0.6 is 0 Å². The van der Waals surface area contributed by atoms with Gasteiger partial charge in [0.15, 0.2) is 0 Å². The van der Waals surface area contributed by atoms with E-state index in [4.69, 9.17) is 0 Å². The maximum absolute atomic E-state index is 9.72. The van der Waals surface area contributed by atoms with Gasteiger partial charge in [-0.05, 0) is 5.21 Å². The molecule has 0 aliphatic carbocycles. The lowest BCUT2D eigenvalue weighted by molar-refractivity contribution is 0.367. The molecule has 0 aliphatic rings. The zero-order chi connectivity index (χ0) is 4.41. The summed E-state index contributed by atoms with van der Waals surface area (Å²) in [5.41, 5.74) is 0. The second kappa shape index (κ2) is 0.925. The van der Waals surface area contributed by atoms with Gasteiger partial charge in [0.2, 0.25) is 0 Å². The molecule has 32 valence electrons. The van der Waals surface area contributed by atoms with Gasteiger partial charge in [-0.25, -0.2) is 4.79 Å². The van der Waals surface area contributed by atoms with Gasteiger partial charge in [-0.1, -0.05) is 0 Å². The average Bonchev–Trinajstić information content (AvgIpc) is 1.86. The van der Waals surface area contributed by atoms with E-state index >= 15 is 0 Å². The van der Waals surface area contributed by atoms with E-state index in [0.717, 1.165) is 0 Å². The predicted molar refractivity (Wildman–Crippen MR) is 14.9 cm³/mol. The Bertz CT molecular complexity index is 147. The van der Waals surface area contributed by atoms with E-state index in [1.807, 2.05) is 5.10 Å². The van der Waals surface area contributed by atoms with Gasteiger partial charge in [-0.2, -0.15) is 5.10 Å². The fourth-order valence-corrected chi connectivity index (χ4v) is 0.139. The molecule has 0 saturated heterocycles. The van der Waals surface area contributed by atoms with Gasteiger partial charge < -0.3 is 0 Å². The smallest absolute Gasteiger partial charge is 0.276 e. The number of aromatic amines is 1. The highest BCUT2D eigenvalue weighted by Crippen LogP contribution is 1.42. The van der Waals surface area contributed by atoms with E-state index in [-0.39, 0.29) is 0 Å². The molecule has 0 aliphatic heterocycles. The third-order valence-corrected chi connectivity index (χ3v) is 0.306. The minimum atomic E-state index is -0.630. The molecule has 1 aromatic heterocycles. The first-order valence-electron chi connectivity index (χ1n) is 1.26. The number of H-pyrrole nitrogens is 1. The molecule has 1 rings (SSSR count). The minimum Gasteiger partial charge on any atom is -0.276 e. The van der Waals surface area contributed by atoms with Crippen molar-refractivity contribution in [3.8, 4) is 0 Å². The molecule has 0 atom stereocenters. The summed E-state index contributed by atoms with van der Waals surface area (Å²) < 4.78 is 3.86. The molecule has 1 N–H and O–H groups in total. The maximum Gasteiger partial charge on any atom is 0.456 e. The molecule has 1 aromatic rings. The van der Waals surface area contributed by atoms with E-state index in [2.05, 4.69) is 15.0 Å². The molecule has 0 aromatic carbocycles. The van der Waals surface area contributed by atoms with Gasteiger partial charge >= 0.3 is 5.76 Å². The lowest BCUT2D eigenvalue weighted by atomic mass is 11.5. The van der Waals surface area contributed by atoms with Crippen molar-refractivity contribution in [1.82, 2.24) is 15.6 Å². The molecule has 0 radical (unpaired) electrons. The number of hydrogen-bond acceptors (Lipinski definition) is 4. The first kappa shape index (κ1) is 3.08. The summed E-state index contributed by atoms with van der Waals surface area (Å²) in [5.74, 6) is -0.630. The van der Waals surface area contributed by atoms with E-state index in [0.29, 0.717) is 0 Å². The van der Waals surface area contributed by atoms with Crippen molar-refractivity contribution in [1.29, 1.82) is 0 Å². The number of nitrogens with zero attached hydrogens (tertiary/aromatic N) is 2. The van der Waals surface area contributed by atoms with E-state index in [1.165, 1.54) is 0 Å². The Hall–Kier alpha value is -1.13. The molecule has 1 heterocycles. The van der Waals surface area contributed by atoms with E-state index in [1.54, 1.807) is 0 Å². The number of aromatic nitrogens is 3. The standard InChI is InChI=1S/CHN3O2/c5-1-2-3-4-6-1/h(H,2,4,5). The van der Waals surface area contributed by atoms with Crippen molar-refractivity contribution in [2.24, 2.45) is 0 Å².